The molecule has 27 heavy (non-hydrogen) atoms. The Morgan fingerprint density at radius 2 is 1.96 bits per heavy atom. The number of hydrogen-bond acceptors (Lipinski definition) is 7. The fourth-order valence-corrected chi connectivity index (χ4v) is 5.82. The number of rotatable bonds is 3. The third-order valence-electron chi connectivity index (χ3n) is 5.76. The van der Waals surface area contributed by atoms with Crippen LogP contribution in [0.2, 0.25) is 0 Å². The zero-order valence-corrected chi connectivity index (χ0v) is 16.3. The first-order valence-electron chi connectivity index (χ1n) is 9.33. The van der Waals surface area contributed by atoms with E-state index in [0.29, 0.717) is 51.1 Å². The van der Waals surface area contributed by atoms with E-state index in [1.165, 1.54) is 0 Å². The standard InChI is InChI=1S/C18H25N3O5S/c1-20(15-2-9-27(23,24)13-15)16-10-14(11-19-12-16)17(22)21-5-3-18(4-6-21)25-7-8-26-18/h10-12,15H,2-9,13H2,1H3. The summed E-state index contributed by atoms with van der Waals surface area (Å²) in [6.45, 7) is 2.39. The van der Waals surface area contributed by atoms with E-state index in [-0.39, 0.29) is 23.5 Å². The summed E-state index contributed by atoms with van der Waals surface area (Å²) in [5, 5.41) is 0. The lowest BCUT2D eigenvalue weighted by Gasteiger charge is -2.37. The van der Waals surface area contributed by atoms with E-state index in [2.05, 4.69) is 4.98 Å². The normalized spacial score (nSPS) is 26.4. The second-order valence-corrected chi connectivity index (χ2v) is 9.73. The Bertz CT molecular complexity index is 812. The van der Waals surface area contributed by atoms with E-state index in [9.17, 15) is 13.2 Å². The highest BCUT2D eigenvalue weighted by Gasteiger charge is 2.41. The Morgan fingerprint density at radius 1 is 1.26 bits per heavy atom. The molecular weight excluding hydrogens is 370 g/mol. The first kappa shape index (κ1) is 18.6. The lowest BCUT2D eigenvalue weighted by Crippen LogP contribution is -2.47. The predicted octanol–water partition coefficient (Wildman–Crippen LogP) is 0.684. The van der Waals surface area contributed by atoms with Crippen LogP contribution >= 0.6 is 0 Å². The van der Waals surface area contributed by atoms with Crippen molar-refractivity contribution in [1.82, 2.24) is 9.88 Å². The molecule has 0 aliphatic carbocycles. The Hall–Kier alpha value is -1.71. The minimum Gasteiger partial charge on any atom is -0.369 e. The third-order valence-corrected chi connectivity index (χ3v) is 7.51. The zero-order chi connectivity index (χ0) is 19.1. The highest BCUT2D eigenvalue weighted by atomic mass is 32.2. The molecule has 8 nitrogen and oxygen atoms in total. The van der Waals surface area contributed by atoms with Gasteiger partial charge in [0.2, 0.25) is 0 Å². The number of aromatic nitrogens is 1. The Balaban J connectivity index is 1.43. The van der Waals surface area contributed by atoms with Gasteiger partial charge < -0.3 is 19.3 Å². The number of carbonyl (C=O) groups excluding carboxylic acids is 1. The number of carbonyl (C=O) groups is 1. The Morgan fingerprint density at radius 3 is 2.59 bits per heavy atom. The van der Waals surface area contributed by atoms with Gasteiger partial charge in [0, 0.05) is 45.2 Å². The number of ether oxygens (including phenoxy) is 2. The van der Waals surface area contributed by atoms with E-state index < -0.39 is 15.6 Å². The molecule has 4 heterocycles. The summed E-state index contributed by atoms with van der Waals surface area (Å²) in [5.74, 6) is -0.209. The van der Waals surface area contributed by atoms with Crippen molar-refractivity contribution >= 4 is 21.4 Å². The Labute approximate surface area is 159 Å². The van der Waals surface area contributed by atoms with Crippen LogP contribution in [0, 0.1) is 0 Å². The summed E-state index contributed by atoms with van der Waals surface area (Å²) < 4.78 is 34.9. The maximum Gasteiger partial charge on any atom is 0.255 e. The molecule has 9 heteroatoms. The van der Waals surface area contributed by atoms with Crippen molar-refractivity contribution in [2.45, 2.75) is 31.1 Å². The topological polar surface area (TPSA) is 89.0 Å². The van der Waals surface area contributed by atoms with Gasteiger partial charge in [-0.3, -0.25) is 9.78 Å². The average Bonchev–Trinajstić information content (AvgIpc) is 3.27. The summed E-state index contributed by atoms with van der Waals surface area (Å²) in [5.41, 5.74) is 1.28. The fourth-order valence-electron chi connectivity index (χ4n) is 4.05. The van der Waals surface area contributed by atoms with Crippen molar-refractivity contribution in [3.63, 3.8) is 0 Å². The van der Waals surface area contributed by atoms with Gasteiger partial charge in [-0.25, -0.2) is 8.42 Å². The summed E-state index contributed by atoms with van der Waals surface area (Å²) in [4.78, 5) is 20.8. The van der Waals surface area contributed by atoms with E-state index in [0.717, 1.165) is 5.69 Å². The smallest absolute Gasteiger partial charge is 0.255 e. The highest BCUT2D eigenvalue weighted by Crippen LogP contribution is 2.32. The van der Waals surface area contributed by atoms with Crippen LogP contribution in [0.5, 0.6) is 0 Å². The first-order valence-corrected chi connectivity index (χ1v) is 11.2. The average molecular weight is 395 g/mol. The van der Waals surface area contributed by atoms with Gasteiger partial charge in [0.1, 0.15) is 0 Å². The molecule has 148 valence electrons. The molecule has 3 aliphatic heterocycles. The van der Waals surface area contributed by atoms with Crippen LogP contribution in [0.25, 0.3) is 0 Å². The number of sulfone groups is 1. The van der Waals surface area contributed by atoms with Crippen LogP contribution in [-0.4, -0.2) is 80.9 Å². The molecule has 1 atom stereocenters. The van der Waals surface area contributed by atoms with Gasteiger partial charge in [-0.2, -0.15) is 0 Å². The molecule has 1 aromatic heterocycles. The number of anilines is 1. The number of nitrogens with zero attached hydrogens (tertiary/aromatic N) is 3. The van der Waals surface area contributed by atoms with Crippen molar-refractivity contribution in [2.24, 2.45) is 0 Å². The molecule has 3 fully saturated rings. The second kappa shape index (κ2) is 7.03. The largest absolute Gasteiger partial charge is 0.369 e. The number of piperidine rings is 1. The maximum absolute atomic E-state index is 12.9. The monoisotopic (exact) mass is 395 g/mol. The lowest BCUT2D eigenvalue weighted by atomic mass is 10.0. The van der Waals surface area contributed by atoms with Crippen LogP contribution < -0.4 is 4.90 Å². The minimum absolute atomic E-state index is 0.0651. The lowest BCUT2D eigenvalue weighted by molar-refractivity contribution is -0.181. The van der Waals surface area contributed by atoms with Crippen LogP contribution in [0.1, 0.15) is 29.6 Å². The molecule has 1 aromatic rings. The number of hydrogen-bond donors (Lipinski definition) is 0. The van der Waals surface area contributed by atoms with Gasteiger partial charge in [0.25, 0.3) is 5.91 Å². The van der Waals surface area contributed by atoms with Crippen molar-refractivity contribution in [2.75, 3.05) is 49.8 Å². The first-order chi connectivity index (χ1) is 12.9. The van der Waals surface area contributed by atoms with Crippen molar-refractivity contribution in [3.8, 4) is 0 Å². The van der Waals surface area contributed by atoms with E-state index in [1.54, 1.807) is 23.4 Å². The van der Waals surface area contributed by atoms with Crippen LogP contribution in [0.15, 0.2) is 18.5 Å². The van der Waals surface area contributed by atoms with Crippen LogP contribution in [0.3, 0.4) is 0 Å². The molecule has 0 aromatic carbocycles. The zero-order valence-electron chi connectivity index (χ0n) is 15.5. The molecular formula is C18H25N3O5S. The summed E-state index contributed by atoms with van der Waals surface area (Å²) >= 11 is 0. The molecule has 0 N–H and O–H groups in total. The molecule has 3 saturated heterocycles. The van der Waals surface area contributed by atoms with Gasteiger partial charge in [-0.1, -0.05) is 0 Å². The molecule has 1 amide bonds. The fraction of sp³-hybridized carbons (Fsp3) is 0.667. The van der Waals surface area contributed by atoms with Gasteiger partial charge in [-0.15, -0.1) is 0 Å². The van der Waals surface area contributed by atoms with E-state index in [1.807, 2.05) is 11.9 Å². The molecule has 0 bridgehead atoms. The Kier molecular flexibility index (Phi) is 4.85. The predicted molar refractivity (Wildman–Crippen MR) is 99.5 cm³/mol. The highest BCUT2D eigenvalue weighted by molar-refractivity contribution is 7.91. The van der Waals surface area contributed by atoms with Crippen LogP contribution in [0.4, 0.5) is 5.69 Å². The third kappa shape index (κ3) is 3.81. The number of pyridine rings is 1. The van der Waals surface area contributed by atoms with Gasteiger partial charge in [0.05, 0.1) is 42.2 Å². The SMILES string of the molecule is CN(c1cncc(C(=O)N2CCC3(CC2)OCCO3)c1)C1CCS(=O)(=O)C1. The van der Waals surface area contributed by atoms with Gasteiger partial charge in [0.15, 0.2) is 15.6 Å². The maximum atomic E-state index is 12.9. The van der Waals surface area contributed by atoms with E-state index in [4.69, 9.17) is 9.47 Å². The number of likely N-dealkylation sites (tertiary alicyclic amines) is 1. The molecule has 1 unspecified atom stereocenters. The summed E-state index contributed by atoms with van der Waals surface area (Å²) in [6, 6.07) is 1.72. The molecule has 3 aliphatic rings. The quantitative estimate of drug-likeness (QED) is 0.744. The molecule has 0 saturated carbocycles. The molecule has 0 radical (unpaired) electrons. The van der Waals surface area contributed by atoms with Gasteiger partial charge >= 0.3 is 0 Å². The molecule has 4 rings (SSSR count). The summed E-state index contributed by atoms with van der Waals surface area (Å²) in [6.07, 6.45) is 5.19. The minimum atomic E-state index is -2.96. The van der Waals surface area contributed by atoms with Crippen molar-refractivity contribution in [3.05, 3.63) is 24.0 Å². The van der Waals surface area contributed by atoms with Crippen LogP contribution in [-0.2, 0) is 19.3 Å². The summed E-state index contributed by atoms with van der Waals surface area (Å²) in [7, 11) is -1.11. The molecule has 1 spiro atoms. The van der Waals surface area contributed by atoms with Crippen molar-refractivity contribution < 1.29 is 22.7 Å². The van der Waals surface area contributed by atoms with E-state index >= 15 is 0 Å². The van der Waals surface area contributed by atoms with Gasteiger partial charge in [-0.05, 0) is 12.5 Å². The number of amides is 1. The second-order valence-electron chi connectivity index (χ2n) is 7.50. The van der Waals surface area contributed by atoms with Crippen molar-refractivity contribution in [1.29, 1.82) is 0 Å².